The Morgan fingerprint density at radius 1 is 1.42 bits per heavy atom. The second-order valence-corrected chi connectivity index (χ2v) is 6.07. The number of rotatable bonds is 6. The van der Waals surface area contributed by atoms with Crippen molar-refractivity contribution in [2.45, 2.75) is 31.3 Å². The van der Waals surface area contributed by atoms with Crippen LogP contribution in [-0.2, 0) is 0 Å². The molecule has 19 heavy (non-hydrogen) atoms. The van der Waals surface area contributed by atoms with Crippen LogP contribution in [-0.4, -0.2) is 36.4 Å². The first-order valence-corrected chi connectivity index (χ1v) is 8.07. The summed E-state index contributed by atoms with van der Waals surface area (Å²) >= 11 is 2.02. The average Bonchev–Trinajstić information content (AvgIpc) is 2.48. The van der Waals surface area contributed by atoms with Gasteiger partial charge in [-0.25, -0.2) is 0 Å². The molecule has 2 rings (SSSR count). The molecule has 1 aliphatic heterocycles. The van der Waals surface area contributed by atoms with Crippen LogP contribution in [0.4, 0.5) is 0 Å². The highest BCUT2D eigenvalue weighted by atomic mass is 32.2. The highest BCUT2D eigenvalue weighted by Gasteiger charge is 2.19. The van der Waals surface area contributed by atoms with E-state index in [1.807, 2.05) is 23.9 Å². The van der Waals surface area contributed by atoms with Crippen LogP contribution in [0.5, 0.6) is 5.75 Å². The minimum absolute atomic E-state index is 0.212. The van der Waals surface area contributed by atoms with Crippen LogP contribution in [0.1, 0.15) is 30.9 Å². The molecule has 4 heteroatoms. The van der Waals surface area contributed by atoms with Gasteiger partial charge in [0.2, 0.25) is 0 Å². The minimum atomic E-state index is 0.212. The molecule has 1 aromatic carbocycles. The molecule has 3 nitrogen and oxygen atoms in total. The summed E-state index contributed by atoms with van der Waals surface area (Å²) in [7, 11) is 1.68. The zero-order valence-electron chi connectivity index (χ0n) is 11.5. The van der Waals surface area contributed by atoms with E-state index < -0.39 is 0 Å². The Morgan fingerprint density at radius 3 is 2.79 bits per heavy atom. The van der Waals surface area contributed by atoms with Gasteiger partial charge in [-0.3, -0.25) is 0 Å². The second kappa shape index (κ2) is 7.78. The van der Waals surface area contributed by atoms with Gasteiger partial charge < -0.3 is 15.2 Å². The third-order valence-corrected chi connectivity index (χ3v) is 4.75. The van der Waals surface area contributed by atoms with Gasteiger partial charge >= 0.3 is 0 Å². The molecule has 0 unspecified atom stereocenters. The fourth-order valence-corrected chi connectivity index (χ4v) is 3.55. The van der Waals surface area contributed by atoms with Crippen molar-refractivity contribution in [2.24, 2.45) is 0 Å². The molecule has 0 saturated carbocycles. The Kier molecular flexibility index (Phi) is 6.01. The molecule has 0 radical (unpaired) electrons. The SMILES string of the molecule is COc1ccc([C@@H](CCO)N[C@@H]2CCCSC2)cc1. The minimum Gasteiger partial charge on any atom is -0.497 e. The lowest BCUT2D eigenvalue weighted by Crippen LogP contribution is -2.37. The largest absolute Gasteiger partial charge is 0.497 e. The zero-order chi connectivity index (χ0) is 13.5. The van der Waals surface area contributed by atoms with Crippen molar-refractivity contribution in [1.82, 2.24) is 5.32 Å². The van der Waals surface area contributed by atoms with Crippen LogP contribution in [0.15, 0.2) is 24.3 Å². The predicted molar refractivity (Wildman–Crippen MR) is 80.9 cm³/mol. The van der Waals surface area contributed by atoms with Crippen LogP contribution in [0.2, 0.25) is 0 Å². The molecule has 1 aliphatic rings. The van der Waals surface area contributed by atoms with E-state index in [1.165, 1.54) is 29.9 Å². The maximum Gasteiger partial charge on any atom is 0.118 e. The van der Waals surface area contributed by atoms with Gasteiger partial charge in [-0.2, -0.15) is 11.8 Å². The van der Waals surface area contributed by atoms with Gasteiger partial charge in [0.05, 0.1) is 7.11 Å². The van der Waals surface area contributed by atoms with E-state index in [0.717, 1.165) is 12.2 Å². The molecule has 2 N–H and O–H groups in total. The highest BCUT2D eigenvalue weighted by Crippen LogP contribution is 2.24. The topological polar surface area (TPSA) is 41.5 Å². The molecule has 1 fully saturated rings. The van der Waals surface area contributed by atoms with Crippen molar-refractivity contribution >= 4 is 11.8 Å². The number of thioether (sulfide) groups is 1. The van der Waals surface area contributed by atoms with Crippen molar-refractivity contribution < 1.29 is 9.84 Å². The monoisotopic (exact) mass is 281 g/mol. The van der Waals surface area contributed by atoms with Gasteiger partial charge in [-0.05, 0) is 42.7 Å². The first kappa shape index (κ1) is 14.7. The number of methoxy groups -OCH3 is 1. The summed E-state index contributed by atoms with van der Waals surface area (Å²) in [6.45, 7) is 0.212. The van der Waals surface area contributed by atoms with Crippen molar-refractivity contribution in [3.63, 3.8) is 0 Å². The third kappa shape index (κ3) is 4.41. The molecular formula is C15H23NO2S. The van der Waals surface area contributed by atoms with Gasteiger partial charge in [0.15, 0.2) is 0 Å². The van der Waals surface area contributed by atoms with Gasteiger partial charge in [0.1, 0.15) is 5.75 Å². The molecular weight excluding hydrogens is 258 g/mol. The Balaban J connectivity index is 2.00. The molecule has 0 amide bonds. The fraction of sp³-hybridized carbons (Fsp3) is 0.600. The van der Waals surface area contributed by atoms with E-state index >= 15 is 0 Å². The first-order chi connectivity index (χ1) is 9.33. The maximum absolute atomic E-state index is 9.26. The number of aliphatic hydroxyl groups is 1. The Morgan fingerprint density at radius 2 is 2.21 bits per heavy atom. The van der Waals surface area contributed by atoms with Gasteiger partial charge in [-0.15, -0.1) is 0 Å². The molecule has 106 valence electrons. The van der Waals surface area contributed by atoms with Crippen LogP contribution in [0.3, 0.4) is 0 Å². The summed E-state index contributed by atoms with van der Waals surface area (Å²) in [5.41, 5.74) is 1.23. The van der Waals surface area contributed by atoms with Crippen molar-refractivity contribution in [1.29, 1.82) is 0 Å². The number of nitrogens with one attached hydrogen (secondary N) is 1. The van der Waals surface area contributed by atoms with Gasteiger partial charge in [0.25, 0.3) is 0 Å². The molecule has 0 bridgehead atoms. The van der Waals surface area contributed by atoms with Gasteiger partial charge in [0, 0.05) is 24.4 Å². The zero-order valence-corrected chi connectivity index (χ0v) is 12.3. The lowest BCUT2D eigenvalue weighted by Gasteiger charge is -2.28. The molecule has 1 heterocycles. The molecule has 1 aromatic rings. The number of aliphatic hydroxyl groups excluding tert-OH is 1. The summed E-state index contributed by atoms with van der Waals surface area (Å²) in [4.78, 5) is 0. The quantitative estimate of drug-likeness (QED) is 0.841. The maximum atomic E-state index is 9.26. The fourth-order valence-electron chi connectivity index (χ4n) is 2.47. The number of hydrogen-bond acceptors (Lipinski definition) is 4. The van der Waals surface area contributed by atoms with Crippen molar-refractivity contribution in [3.05, 3.63) is 29.8 Å². The third-order valence-electron chi connectivity index (χ3n) is 3.53. The molecule has 0 spiro atoms. The lowest BCUT2D eigenvalue weighted by atomic mass is 10.0. The summed E-state index contributed by atoms with van der Waals surface area (Å²) in [6.07, 6.45) is 3.29. The smallest absolute Gasteiger partial charge is 0.118 e. The molecule has 0 aliphatic carbocycles. The van der Waals surface area contributed by atoms with Crippen LogP contribution in [0.25, 0.3) is 0 Å². The van der Waals surface area contributed by atoms with E-state index in [1.54, 1.807) is 7.11 Å². The van der Waals surface area contributed by atoms with E-state index in [4.69, 9.17) is 4.74 Å². The van der Waals surface area contributed by atoms with E-state index in [9.17, 15) is 5.11 Å². The Hall–Kier alpha value is -0.710. The standard InChI is InChI=1S/C15H23NO2S/c1-18-14-6-4-12(5-7-14)15(8-9-17)16-13-3-2-10-19-11-13/h4-7,13,15-17H,2-3,8-11H2,1H3/t13-,15-/m1/s1. The van der Waals surface area contributed by atoms with E-state index in [2.05, 4.69) is 17.4 Å². The van der Waals surface area contributed by atoms with E-state index in [0.29, 0.717) is 6.04 Å². The van der Waals surface area contributed by atoms with Crippen LogP contribution >= 0.6 is 11.8 Å². The normalized spacial score (nSPS) is 21.1. The van der Waals surface area contributed by atoms with Crippen LogP contribution in [0, 0.1) is 0 Å². The summed E-state index contributed by atoms with van der Waals surface area (Å²) in [6, 6.07) is 8.94. The van der Waals surface area contributed by atoms with Crippen molar-refractivity contribution in [3.8, 4) is 5.75 Å². The molecule has 1 saturated heterocycles. The molecule has 2 atom stereocenters. The van der Waals surface area contributed by atoms with E-state index in [-0.39, 0.29) is 12.6 Å². The first-order valence-electron chi connectivity index (χ1n) is 6.92. The van der Waals surface area contributed by atoms with Crippen molar-refractivity contribution in [2.75, 3.05) is 25.2 Å². The summed E-state index contributed by atoms with van der Waals surface area (Å²) in [5.74, 6) is 3.34. The number of hydrogen-bond donors (Lipinski definition) is 2. The van der Waals surface area contributed by atoms with Crippen LogP contribution < -0.4 is 10.1 Å². The highest BCUT2D eigenvalue weighted by molar-refractivity contribution is 7.99. The second-order valence-electron chi connectivity index (χ2n) is 4.92. The lowest BCUT2D eigenvalue weighted by molar-refractivity contribution is 0.258. The number of ether oxygens (including phenoxy) is 1. The summed E-state index contributed by atoms with van der Waals surface area (Å²) in [5, 5.41) is 12.9. The number of benzene rings is 1. The van der Waals surface area contributed by atoms with Gasteiger partial charge in [-0.1, -0.05) is 12.1 Å². The summed E-state index contributed by atoms with van der Waals surface area (Å²) < 4.78 is 5.19. The Bertz CT molecular complexity index is 363. The molecule has 0 aromatic heterocycles. The Labute approximate surface area is 119 Å². The average molecular weight is 281 g/mol. The predicted octanol–water partition coefficient (Wildman–Crippen LogP) is 2.60.